The first-order valence-corrected chi connectivity index (χ1v) is 31.1. The zero-order valence-corrected chi connectivity index (χ0v) is 50.2. The summed E-state index contributed by atoms with van der Waals surface area (Å²) in [5, 5.41) is 22.7. The molecule has 85 heavy (non-hydrogen) atoms. The van der Waals surface area contributed by atoms with E-state index in [1.54, 1.807) is 50.6 Å². The number of aryl methyl sites for hydroxylation is 3. The van der Waals surface area contributed by atoms with E-state index in [1.807, 2.05) is 38.1 Å². The van der Waals surface area contributed by atoms with Crippen LogP contribution in [0.4, 0.5) is 4.39 Å². The zero-order valence-electron chi connectivity index (χ0n) is 48.4. The lowest BCUT2D eigenvalue weighted by Crippen LogP contribution is -2.57. The maximum absolute atomic E-state index is 16.4. The molecule has 0 saturated carbocycles. The quantitative estimate of drug-likeness (QED) is 0.0364. The maximum Gasteiger partial charge on any atom is 0.396 e. The molecular formula is C60H75FN9O13PS. The number of hydrogen-bond acceptors (Lipinski definition) is 13. The Hall–Kier alpha value is -7.37. The van der Waals surface area contributed by atoms with Gasteiger partial charge in [-0.1, -0.05) is 63.9 Å². The van der Waals surface area contributed by atoms with Crippen molar-refractivity contribution in [2.45, 2.75) is 167 Å². The number of benzene rings is 3. The van der Waals surface area contributed by atoms with Crippen LogP contribution in [0.5, 0.6) is 5.75 Å². The number of thiazole rings is 1. The lowest BCUT2D eigenvalue weighted by Gasteiger charge is -2.35. The number of aromatic nitrogens is 2. The molecule has 3 aromatic carbocycles. The number of fused-ring (bicyclic) bond motifs is 2. The van der Waals surface area contributed by atoms with Gasteiger partial charge < -0.3 is 61.4 Å². The standard InChI is InChI=1S/C60H75FN9O13PS/c1-32-24-37(10-9-13-50(73)68-53(60(4,5)6)58(78)69-29-42(71)28-47(69)56(76)64-33(2)35-14-16-36(17-15-35)52-34(3)63-31-85-52)51(61)48(25-32)83-30-40(19-23-49(62)72)65-55(75)46-22-20-41-11-7-8-12-44(57(77)70(41)46)67-54(74)45-27-39-26-38(18-21-43(39)66-45)59(79)84(80,81)82/h14-18,21,24-27,31,33,40-42,44,46-47,53,66,71H,7-13,19-20,22-23,28-30H2,1-6H3,(H2,62,72)(H,64,76)(H,65,75)(H,67,74)(H,68,73)(H2,80,81,82)/t33-,40?,41-,42+,44-,46-,47-,53+/m0/s1. The van der Waals surface area contributed by atoms with Gasteiger partial charge in [-0.05, 0) is 124 Å². The van der Waals surface area contributed by atoms with Crippen LogP contribution in [0.2, 0.25) is 0 Å². The molecule has 8 rings (SSSR count). The molecule has 10 N–H and O–H groups in total. The van der Waals surface area contributed by atoms with Gasteiger partial charge in [0.05, 0.1) is 34.3 Å². The van der Waals surface area contributed by atoms with Gasteiger partial charge in [-0.2, -0.15) is 0 Å². The smallest absolute Gasteiger partial charge is 0.396 e. The number of nitrogens with two attached hydrogens (primary N) is 1. The van der Waals surface area contributed by atoms with Crippen LogP contribution >= 0.6 is 18.9 Å². The molecule has 0 aliphatic carbocycles. The van der Waals surface area contributed by atoms with Crippen LogP contribution in [0.1, 0.15) is 148 Å². The first kappa shape index (κ1) is 63.6. The second-order valence-corrected chi connectivity index (χ2v) is 26.0. The van der Waals surface area contributed by atoms with Crippen molar-refractivity contribution in [2.75, 3.05) is 13.2 Å². The van der Waals surface area contributed by atoms with Crippen molar-refractivity contribution in [3.63, 3.8) is 0 Å². The number of halogens is 1. The fourth-order valence-electron chi connectivity index (χ4n) is 11.5. The summed E-state index contributed by atoms with van der Waals surface area (Å²) >= 11 is 1.54. The molecule has 456 valence electrons. The second kappa shape index (κ2) is 26.9. The summed E-state index contributed by atoms with van der Waals surface area (Å²) in [7, 11) is -5.06. The van der Waals surface area contributed by atoms with Gasteiger partial charge in [-0.25, -0.2) is 9.37 Å². The molecule has 2 aromatic heterocycles. The van der Waals surface area contributed by atoms with Crippen LogP contribution in [0, 0.1) is 25.1 Å². The predicted molar refractivity (Wildman–Crippen MR) is 314 cm³/mol. The van der Waals surface area contributed by atoms with E-state index in [-0.39, 0.29) is 86.7 Å². The fraction of sp³-hybridized carbons (Fsp3) is 0.483. The van der Waals surface area contributed by atoms with Crippen LogP contribution in [0.3, 0.4) is 0 Å². The Morgan fingerprint density at radius 2 is 1.64 bits per heavy atom. The van der Waals surface area contributed by atoms with Gasteiger partial charge in [-0.15, -0.1) is 11.3 Å². The zero-order chi connectivity index (χ0) is 61.7. The highest BCUT2D eigenvalue weighted by Crippen LogP contribution is 2.40. The monoisotopic (exact) mass is 1210 g/mol. The van der Waals surface area contributed by atoms with E-state index >= 15 is 4.39 Å². The molecule has 8 atom stereocenters. The summed E-state index contributed by atoms with van der Waals surface area (Å²) in [5.74, 6) is -4.58. The highest BCUT2D eigenvalue weighted by atomic mass is 32.1. The molecule has 22 nitrogen and oxygen atoms in total. The minimum Gasteiger partial charge on any atom is -0.488 e. The number of nitrogens with one attached hydrogen (secondary N) is 5. The van der Waals surface area contributed by atoms with E-state index in [1.165, 1.54) is 40.1 Å². The maximum atomic E-state index is 16.4. The number of rotatable bonds is 22. The number of aliphatic hydroxyl groups is 1. The number of aromatic amines is 1. The summed E-state index contributed by atoms with van der Waals surface area (Å²) in [4.78, 5) is 138. The van der Waals surface area contributed by atoms with Gasteiger partial charge in [0, 0.05) is 48.3 Å². The number of hydrogen-bond donors (Lipinski definition) is 9. The summed E-state index contributed by atoms with van der Waals surface area (Å²) < 4.78 is 34.0. The molecule has 0 spiro atoms. The topological polar surface area (TPSA) is 333 Å². The summed E-state index contributed by atoms with van der Waals surface area (Å²) in [5.41, 5.74) is 8.98. The molecule has 3 fully saturated rings. The van der Waals surface area contributed by atoms with Crippen LogP contribution in [-0.4, -0.2) is 137 Å². The highest BCUT2D eigenvalue weighted by Gasteiger charge is 2.46. The summed E-state index contributed by atoms with van der Waals surface area (Å²) in [6, 6.07) is 10.5. The molecule has 1 unspecified atom stereocenters. The molecular weight excluding hydrogens is 1140 g/mol. The Morgan fingerprint density at radius 3 is 2.32 bits per heavy atom. The third kappa shape index (κ3) is 15.6. The predicted octanol–water partition coefficient (Wildman–Crippen LogP) is 5.92. The minimum atomic E-state index is -5.06. The molecule has 25 heteroatoms. The Kier molecular flexibility index (Phi) is 20.1. The number of H-pyrrole nitrogens is 1. The lowest BCUT2D eigenvalue weighted by atomic mass is 9.85. The third-order valence-electron chi connectivity index (χ3n) is 16.0. The molecule has 7 amide bonds. The van der Waals surface area contributed by atoms with Gasteiger partial charge in [-0.3, -0.25) is 42.9 Å². The minimum absolute atomic E-state index is 0.0175. The molecule has 5 heterocycles. The van der Waals surface area contributed by atoms with Crippen LogP contribution in [0.25, 0.3) is 21.3 Å². The van der Waals surface area contributed by atoms with E-state index in [9.17, 15) is 57.8 Å². The number of aliphatic hydroxyl groups excluding tert-OH is 1. The second-order valence-electron chi connectivity index (χ2n) is 23.6. The van der Waals surface area contributed by atoms with Gasteiger partial charge in [0.15, 0.2) is 11.6 Å². The Bertz CT molecular complexity index is 3400. The number of carbonyl (C=O) groups is 8. The normalized spacial score (nSPS) is 20.2. The molecule has 5 aromatic rings. The molecule has 3 aliphatic rings. The number of likely N-dealkylation sites (tertiary alicyclic amines) is 1. The molecule has 3 saturated heterocycles. The highest BCUT2D eigenvalue weighted by molar-refractivity contribution is 7.70. The number of ether oxygens (including phenoxy) is 1. The van der Waals surface area contributed by atoms with Crippen molar-refractivity contribution >= 4 is 76.7 Å². The summed E-state index contributed by atoms with van der Waals surface area (Å²) in [6.45, 7) is 10.5. The van der Waals surface area contributed by atoms with Gasteiger partial charge in [0.25, 0.3) is 11.4 Å². The first-order valence-electron chi connectivity index (χ1n) is 28.6. The van der Waals surface area contributed by atoms with Crippen molar-refractivity contribution < 1.29 is 66.9 Å². The third-order valence-corrected chi connectivity index (χ3v) is 17.8. The Labute approximate surface area is 495 Å². The van der Waals surface area contributed by atoms with Crippen LogP contribution < -0.4 is 31.7 Å². The molecule has 0 bridgehead atoms. The average molecular weight is 1210 g/mol. The lowest BCUT2D eigenvalue weighted by molar-refractivity contribution is -0.144. The number of amides is 7. The van der Waals surface area contributed by atoms with E-state index in [0.29, 0.717) is 48.6 Å². The Morgan fingerprint density at radius 1 is 0.918 bits per heavy atom. The van der Waals surface area contributed by atoms with Gasteiger partial charge in [0.2, 0.25) is 35.4 Å². The van der Waals surface area contributed by atoms with E-state index < -0.39 is 108 Å². The molecule has 0 radical (unpaired) electrons. The van der Waals surface area contributed by atoms with Crippen LogP contribution in [-0.2, 0) is 39.8 Å². The van der Waals surface area contributed by atoms with E-state index in [0.717, 1.165) is 21.7 Å². The van der Waals surface area contributed by atoms with Crippen molar-refractivity contribution in [1.82, 2.24) is 41.0 Å². The van der Waals surface area contributed by atoms with Crippen molar-refractivity contribution in [1.29, 1.82) is 0 Å². The average Bonchev–Trinajstić information content (AvgIpc) is 4.49. The number of β-amino-alcohol motifs (C(OH)–C–C–N with tert-alkyl or cyclic N) is 1. The van der Waals surface area contributed by atoms with Crippen molar-refractivity contribution in [3.05, 3.63) is 106 Å². The first-order chi connectivity index (χ1) is 40.2. The number of primary amides is 1. The van der Waals surface area contributed by atoms with Crippen LogP contribution in [0.15, 0.2) is 66.2 Å². The largest absolute Gasteiger partial charge is 0.488 e. The summed E-state index contributed by atoms with van der Waals surface area (Å²) in [6.07, 6.45) is 2.13. The molecule has 3 aliphatic heterocycles. The fourth-order valence-corrected chi connectivity index (χ4v) is 12.8. The number of nitrogens with zero attached hydrogens (tertiary/aromatic N) is 3. The van der Waals surface area contributed by atoms with Crippen molar-refractivity contribution in [2.24, 2.45) is 11.1 Å². The van der Waals surface area contributed by atoms with Gasteiger partial charge >= 0.3 is 7.60 Å². The SMILES string of the molecule is Cc1cc(CCCC(=O)N[C@H](C(=O)N2C[C@H](O)C[C@H]2C(=O)N[C@@H](C)c2ccc(-c3scnc3C)cc2)C(C)(C)C)c(F)c(OCC(CCC(N)=O)NC(=O)[C@@H]2CC[C@@H]3CCCC[C@H](NC(=O)c4cc5cc(C(=O)P(=O)(O)O)ccc5[nH]4)C(=O)N32)c1. The Balaban J connectivity index is 0.863. The van der Waals surface area contributed by atoms with Gasteiger partial charge in [0.1, 0.15) is 36.5 Å². The van der Waals surface area contributed by atoms with E-state index in [2.05, 4.69) is 31.2 Å². The number of carbonyl (C=O) groups excluding carboxylic acids is 8. The van der Waals surface area contributed by atoms with E-state index in [4.69, 9.17) is 10.5 Å². The van der Waals surface area contributed by atoms with Crippen molar-refractivity contribution in [3.8, 4) is 16.2 Å².